The van der Waals surface area contributed by atoms with Gasteiger partial charge in [0.2, 0.25) is 0 Å². The first-order valence-electron chi connectivity index (χ1n) is 13.1. The Hall–Kier alpha value is -4.43. The first kappa shape index (κ1) is 25.2. The molecule has 2 nitrogen and oxygen atoms in total. The van der Waals surface area contributed by atoms with E-state index in [1.54, 1.807) is 0 Å². The average Bonchev–Trinajstić information content (AvgIpc) is 2.98. The van der Waals surface area contributed by atoms with Crippen molar-refractivity contribution < 1.29 is 4.79 Å². The molecular formula is C36H33NO. The van der Waals surface area contributed by atoms with E-state index in [0.717, 1.165) is 11.1 Å². The summed E-state index contributed by atoms with van der Waals surface area (Å²) >= 11 is 0. The SMILES string of the molecule is CC(C)(CNC(=O)c1ccc(-c2ccccc2)cc1)C(c1ccccc1)(c1ccccc1)c1ccccc1. The number of carbonyl (C=O) groups is 1. The minimum atomic E-state index is -0.485. The number of amides is 1. The molecule has 0 aliphatic rings. The standard InChI is InChI=1S/C36H33NO/c1-35(2,27-37-34(38)30-25-23-29(24-26-30)28-15-7-3-8-16-28)36(31-17-9-4-10-18-31,32-19-11-5-12-20-32)33-21-13-6-14-22-33/h3-26H,27H2,1-2H3,(H,37,38). The van der Waals surface area contributed by atoms with Gasteiger partial charge in [-0.25, -0.2) is 0 Å². The number of rotatable bonds is 8. The molecule has 0 unspecified atom stereocenters. The molecule has 0 heterocycles. The molecule has 0 saturated carbocycles. The second-order valence-electron chi connectivity index (χ2n) is 10.4. The van der Waals surface area contributed by atoms with Gasteiger partial charge in [0.05, 0.1) is 5.41 Å². The van der Waals surface area contributed by atoms with E-state index in [-0.39, 0.29) is 11.3 Å². The van der Waals surface area contributed by atoms with Crippen LogP contribution in [0.3, 0.4) is 0 Å². The van der Waals surface area contributed by atoms with Gasteiger partial charge in [0.15, 0.2) is 0 Å². The summed E-state index contributed by atoms with van der Waals surface area (Å²) in [6, 6.07) is 50.0. The van der Waals surface area contributed by atoms with Crippen molar-refractivity contribution in [2.24, 2.45) is 5.41 Å². The van der Waals surface area contributed by atoms with Gasteiger partial charge in [0, 0.05) is 12.1 Å². The van der Waals surface area contributed by atoms with Gasteiger partial charge in [-0.1, -0.05) is 147 Å². The number of nitrogens with one attached hydrogen (secondary N) is 1. The van der Waals surface area contributed by atoms with Crippen LogP contribution in [-0.4, -0.2) is 12.5 Å². The molecule has 0 atom stereocenters. The Kier molecular flexibility index (Phi) is 7.24. The monoisotopic (exact) mass is 495 g/mol. The number of benzene rings is 5. The highest BCUT2D eigenvalue weighted by Gasteiger charge is 2.49. The molecule has 0 aromatic heterocycles. The first-order chi connectivity index (χ1) is 18.5. The van der Waals surface area contributed by atoms with Gasteiger partial charge in [0.25, 0.3) is 5.91 Å². The number of hydrogen-bond donors (Lipinski definition) is 1. The van der Waals surface area contributed by atoms with E-state index in [1.807, 2.05) is 42.5 Å². The molecule has 38 heavy (non-hydrogen) atoms. The van der Waals surface area contributed by atoms with Crippen molar-refractivity contribution in [1.29, 1.82) is 0 Å². The molecule has 188 valence electrons. The summed E-state index contributed by atoms with van der Waals surface area (Å²) < 4.78 is 0. The van der Waals surface area contributed by atoms with E-state index in [4.69, 9.17) is 0 Å². The van der Waals surface area contributed by atoms with Gasteiger partial charge in [-0.15, -0.1) is 0 Å². The minimum Gasteiger partial charge on any atom is -0.351 e. The lowest BCUT2D eigenvalue weighted by Gasteiger charge is -2.48. The van der Waals surface area contributed by atoms with Crippen LogP contribution in [0.25, 0.3) is 11.1 Å². The highest BCUT2D eigenvalue weighted by atomic mass is 16.1. The number of hydrogen-bond acceptors (Lipinski definition) is 1. The Balaban J connectivity index is 1.50. The summed E-state index contributed by atoms with van der Waals surface area (Å²) in [6.45, 7) is 4.99. The van der Waals surface area contributed by atoms with Crippen LogP contribution in [0.5, 0.6) is 0 Å². The van der Waals surface area contributed by atoms with Crippen LogP contribution < -0.4 is 5.32 Å². The van der Waals surface area contributed by atoms with Crippen molar-refractivity contribution in [2.45, 2.75) is 19.3 Å². The van der Waals surface area contributed by atoms with Gasteiger partial charge in [0.1, 0.15) is 0 Å². The minimum absolute atomic E-state index is 0.0687. The summed E-state index contributed by atoms with van der Waals surface area (Å²) in [6.07, 6.45) is 0. The lowest BCUT2D eigenvalue weighted by molar-refractivity contribution is 0.0923. The Morgan fingerprint density at radius 1 is 0.526 bits per heavy atom. The zero-order chi connectivity index (χ0) is 26.4. The van der Waals surface area contributed by atoms with Crippen LogP contribution in [0.1, 0.15) is 40.9 Å². The summed E-state index contributed by atoms with van der Waals surface area (Å²) in [5.74, 6) is -0.0687. The van der Waals surface area contributed by atoms with Crippen LogP contribution in [0.4, 0.5) is 0 Å². The van der Waals surface area contributed by atoms with Crippen molar-refractivity contribution in [3.8, 4) is 11.1 Å². The topological polar surface area (TPSA) is 29.1 Å². The van der Waals surface area contributed by atoms with Crippen LogP contribution in [-0.2, 0) is 5.41 Å². The Morgan fingerprint density at radius 2 is 0.895 bits per heavy atom. The molecular weight excluding hydrogens is 462 g/mol. The van der Waals surface area contributed by atoms with Crippen LogP contribution in [0, 0.1) is 5.41 Å². The molecule has 0 aliphatic carbocycles. The third-order valence-electron chi connectivity index (χ3n) is 7.58. The van der Waals surface area contributed by atoms with Gasteiger partial charge in [-0.3, -0.25) is 4.79 Å². The van der Waals surface area contributed by atoms with E-state index < -0.39 is 5.41 Å². The Morgan fingerprint density at radius 3 is 1.32 bits per heavy atom. The van der Waals surface area contributed by atoms with Crippen molar-refractivity contribution in [3.05, 3.63) is 168 Å². The van der Waals surface area contributed by atoms with Crippen molar-refractivity contribution in [1.82, 2.24) is 5.32 Å². The van der Waals surface area contributed by atoms with Crippen molar-refractivity contribution >= 4 is 5.91 Å². The Labute approximate surface area is 226 Å². The fraction of sp³-hybridized carbons (Fsp3) is 0.139. The van der Waals surface area contributed by atoms with E-state index in [2.05, 4.69) is 122 Å². The summed E-state index contributed by atoms with van der Waals surface area (Å²) in [4.78, 5) is 13.4. The molecule has 0 aliphatic heterocycles. The fourth-order valence-corrected chi connectivity index (χ4v) is 5.72. The van der Waals surface area contributed by atoms with E-state index in [1.165, 1.54) is 16.7 Å². The van der Waals surface area contributed by atoms with Crippen LogP contribution in [0.15, 0.2) is 146 Å². The highest BCUT2D eigenvalue weighted by molar-refractivity contribution is 5.94. The molecule has 0 radical (unpaired) electrons. The second kappa shape index (κ2) is 10.9. The predicted octanol–water partition coefficient (Wildman–Crippen LogP) is 8.14. The third-order valence-corrected chi connectivity index (χ3v) is 7.58. The molecule has 0 fully saturated rings. The molecule has 0 bridgehead atoms. The second-order valence-corrected chi connectivity index (χ2v) is 10.4. The molecule has 2 heteroatoms. The fourth-order valence-electron chi connectivity index (χ4n) is 5.72. The normalized spacial score (nSPS) is 11.6. The molecule has 1 amide bonds. The van der Waals surface area contributed by atoms with Gasteiger partial charge in [-0.2, -0.15) is 0 Å². The summed E-state index contributed by atoms with van der Waals surface area (Å²) in [5, 5.41) is 3.27. The van der Waals surface area contributed by atoms with Gasteiger partial charge in [-0.05, 0) is 45.4 Å². The van der Waals surface area contributed by atoms with Crippen LogP contribution in [0.2, 0.25) is 0 Å². The Bertz CT molecular complexity index is 1360. The van der Waals surface area contributed by atoms with E-state index in [9.17, 15) is 4.79 Å². The van der Waals surface area contributed by atoms with E-state index >= 15 is 0 Å². The molecule has 5 rings (SSSR count). The third kappa shape index (κ3) is 4.78. The predicted molar refractivity (Wildman–Crippen MR) is 157 cm³/mol. The highest BCUT2D eigenvalue weighted by Crippen LogP contribution is 2.51. The van der Waals surface area contributed by atoms with Gasteiger partial charge < -0.3 is 5.32 Å². The number of carbonyl (C=O) groups excluding carboxylic acids is 1. The first-order valence-corrected chi connectivity index (χ1v) is 13.1. The maximum absolute atomic E-state index is 13.4. The zero-order valence-corrected chi connectivity index (χ0v) is 22.0. The smallest absolute Gasteiger partial charge is 0.251 e. The zero-order valence-electron chi connectivity index (χ0n) is 22.0. The summed E-state index contributed by atoms with van der Waals surface area (Å²) in [5.41, 5.74) is 5.62. The molecule has 5 aromatic rings. The molecule has 5 aromatic carbocycles. The lowest BCUT2D eigenvalue weighted by atomic mass is 9.55. The lowest BCUT2D eigenvalue weighted by Crippen LogP contribution is -2.50. The van der Waals surface area contributed by atoms with E-state index in [0.29, 0.717) is 12.1 Å². The largest absolute Gasteiger partial charge is 0.351 e. The quantitative estimate of drug-likeness (QED) is 0.216. The van der Waals surface area contributed by atoms with Crippen molar-refractivity contribution in [2.75, 3.05) is 6.54 Å². The average molecular weight is 496 g/mol. The summed E-state index contributed by atoms with van der Waals surface area (Å²) in [7, 11) is 0. The molecule has 1 N–H and O–H groups in total. The van der Waals surface area contributed by atoms with Gasteiger partial charge >= 0.3 is 0 Å². The maximum Gasteiger partial charge on any atom is 0.251 e. The molecule has 0 spiro atoms. The maximum atomic E-state index is 13.4. The van der Waals surface area contributed by atoms with Crippen molar-refractivity contribution in [3.63, 3.8) is 0 Å². The van der Waals surface area contributed by atoms with Crippen LogP contribution >= 0.6 is 0 Å². The molecule has 0 saturated heterocycles.